The first-order valence-electron chi connectivity index (χ1n) is 8.35. The van der Waals surface area contributed by atoms with Crippen LogP contribution in [-0.2, 0) is 0 Å². The number of nitrogens with two attached hydrogens (primary N) is 1. The smallest absolute Gasteiger partial charge is 0.236 e. The summed E-state index contributed by atoms with van der Waals surface area (Å²) in [5.41, 5.74) is 6.35. The normalized spacial score (nSPS) is 15.2. The number of rotatable bonds is 5. The number of benzene rings is 1. The van der Waals surface area contributed by atoms with Crippen LogP contribution in [0.1, 0.15) is 32.1 Å². The van der Waals surface area contributed by atoms with Crippen LogP contribution in [0.2, 0.25) is 5.28 Å². The molecule has 0 amide bonds. The van der Waals surface area contributed by atoms with Crippen molar-refractivity contribution in [3.63, 3.8) is 0 Å². The Morgan fingerprint density at radius 1 is 1.24 bits per heavy atom. The van der Waals surface area contributed by atoms with Gasteiger partial charge in [0, 0.05) is 18.3 Å². The number of halogens is 2. The lowest BCUT2D eigenvalue weighted by Gasteiger charge is -2.30. The summed E-state index contributed by atoms with van der Waals surface area (Å²) >= 11 is 5.94. The van der Waals surface area contributed by atoms with Gasteiger partial charge in [0.1, 0.15) is 0 Å². The van der Waals surface area contributed by atoms with E-state index in [1.807, 2.05) is 4.90 Å². The standard InChI is InChI=1S/C17H21ClFN5O/c1-25-14-8-7-12(9-13(14)19)24(10-11-5-3-2-4-6-11)17-22-15(18)21-16(20)23-17/h7-9,11H,2-6,10H2,1H3,(H2,20,21,22,23). The number of aromatic nitrogens is 3. The first-order valence-corrected chi connectivity index (χ1v) is 8.72. The van der Waals surface area contributed by atoms with Crippen LogP contribution in [-0.4, -0.2) is 28.6 Å². The SMILES string of the molecule is COc1ccc(N(CC2CCCCC2)c2nc(N)nc(Cl)n2)cc1F. The van der Waals surface area contributed by atoms with E-state index in [0.717, 1.165) is 12.8 Å². The Balaban J connectivity index is 1.96. The van der Waals surface area contributed by atoms with Crippen molar-refractivity contribution in [3.8, 4) is 5.75 Å². The molecule has 6 nitrogen and oxygen atoms in total. The van der Waals surface area contributed by atoms with Gasteiger partial charge in [-0.2, -0.15) is 15.0 Å². The van der Waals surface area contributed by atoms with Crippen molar-refractivity contribution in [1.82, 2.24) is 15.0 Å². The monoisotopic (exact) mass is 365 g/mol. The molecule has 1 aliphatic rings. The number of methoxy groups -OCH3 is 1. The molecule has 0 bridgehead atoms. The number of nitrogens with zero attached hydrogens (tertiary/aromatic N) is 4. The van der Waals surface area contributed by atoms with Gasteiger partial charge in [-0.1, -0.05) is 19.3 Å². The van der Waals surface area contributed by atoms with Crippen molar-refractivity contribution in [2.75, 3.05) is 24.3 Å². The molecule has 134 valence electrons. The average molecular weight is 366 g/mol. The minimum absolute atomic E-state index is 0.0186. The second kappa shape index (κ2) is 7.82. The molecule has 1 heterocycles. The average Bonchev–Trinajstić information content (AvgIpc) is 2.59. The van der Waals surface area contributed by atoms with Crippen LogP contribution >= 0.6 is 11.6 Å². The third-order valence-electron chi connectivity index (χ3n) is 4.47. The van der Waals surface area contributed by atoms with Crippen LogP contribution in [0.25, 0.3) is 0 Å². The van der Waals surface area contributed by atoms with Crippen LogP contribution in [0.15, 0.2) is 18.2 Å². The van der Waals surface area contributed by atoms with Crippen molar-refractivity contribution in [2.45, 2.75) is 32.1 Å². The summed E-state index contributed by atoms with van der Waals surface area (Å²) in [6.45, 7) is 0.672. The molecule has 0 saturated heterocycles. The fourth-order valence-corrected chi connectivity index (χ4v) is 3.39. The van der Waals surface area contributed by atoms with E-state index in [9.17, 15) is 4.39 Å². The van der Waals surface area contributed by atoms with E-state index in [0.29, 0.717) is 24.1 Å². The van der Waals surface area contributed by atoms with Crippen molar-refractivity contribution in [3.05, 3.63) is 29.3 Å². The largest absolute Gasteiger partial charge is 0.494 e. The van der Waals surface area contributed by atoms with Crippen LogP contribution in [0.3, 0.4) is 0 Å². The van der Waals surface area contributed by atoms with E-state index < -0.39 is 5.82 Å². The summed E-state index contributed by atoms with van der Waals surface area (Å²) in [6.07, 6.45) is 5.93. The van der Waals surface area contributed by atoms with Crippen molar-refractivity contribution in [1.29, 1.82) is 0 Å². The van der Waals surface area contributed by atoms with Gasteiger partial charge in [0.05, 0.1) is 7.11 Å². The molecule has 0 spiro atoms. The summed E-state index contributed by atoms with van der Waals surface area (Å²) in [6, 6.07) is 4.78. The number of nitrogen functional groups attached to an aromatic ring is 1. The van der Waals surface area contributed by atoms with Gasteiger partial charge < -0.3 is 15.4 Å². The van der Waals surface area contributed by atoms with E-state index >= 15 is 0 Å². The number of hydrogen-bond donors (Lipinski definition) is 1. The first kappa shape index (κ1) is 17.7. The lowest BCUT2D eigenvalue weighted by molar-refractivity contribution is 0.363. The molecule has 25 heavy (non-hydrogen) atoms. The highest BCUT2D eigenvalue weighted by atomic mass is 35.5. The van der Waals surface area contributed by atoms with Gasteiger partial charge in [-0.05, 0) is 42.5 Å². The second-order valence-corrected chi connectivity index (χ2v) is 6.53. The van der Waals surface area contributed by atoms with Crippen molar-refractivity contribution >= 4 is 29.2 Å². The van der Waals surface area contributed by atoms with Gasteiger partial charge in [0.15, 0.2) is 11.6 Å². The zero-order valence-corrected chi connectivity index (χ0v) is 14.8. The summed E-state index contributed by atoms with van der Waals surface area (Å²) in [5, 5.41) is 0.0186. The lowest BCUT2D eigenvalue weighted by Crippen LogP contribution is -2.28. The summed E-state index contributed by atoms with van der Waals surface area (Å²) < 4.78 is 19.2. The van der Waals surface area contributed by atoms with Gasteiger partial charge in [0.25, 0.3) is 0 Å². The van der Waals surface area contributed by atoms with E-state index in [1.165, 1.54) is 32.4 Å². The summed E-state index contributed by atoms with van der Waals surface area (Å²) in [7, 11) is 1.43. The quantitative estimate of drug-likeness (QED) is 0.863. The molecule has 8 heteroatoms. The molecular formula is C17H21ClFN5O. The Morgan fingerprint density at radius 2 is 2.00 bits per heavy atom. The van der Waals surface area contributed by atoms with Crippen LogP contribution in [0.4, 0.5) is 22.0 Å². The maximum atomic E-state index is 14.2. The third-order valence-corrected chi connectivity index (χ3v) is 4.64. The predicted octanol–water partition coefficient (Wildman–Crippen LogP) is 3.97. The molecule has 1 aromatic carbocycles. The fourth-order valence-electron chi connectivity index (χ4n) is 3.23. The third kappa shape index (κ3) is 4.28. The van der Waals surface area contributed by atoms with Gasteiger partial charge >= 0.3 is 0 Å². The predicted molar refractivity (Wildman–Crippen MR) is 95.8 cm³/mol. The molecule has 3 rings (SSSR count). The highest BCUT2D eigenvalue weighted by Crippen LogP contribution is 2.32. The zero-order valence-electron chi connectivity index (χ0n) is 14.1. The minimum Gasteiger partial charge on any atom is -0.494 e. The van der Waals surface area contributed by atoms with Gasteiger partial charge in [-0.15, -0.1) is 0 Å². The maximum Gasteiger partial charge on any atom is 0.236 e. The summed E-state index contributed by atoms with van der Waals surface area (Å²) in [5.74, 6) is 0.595. The van der Waals surface area contributed by atoms with Gasteiger partial charge in [-0.25, -0.2) is 4.39 Å². The summed E-state index contributed by atoms with van der Waals surface area (Å²) in [4.78, 5) is 14.0. The Bertz CT molecular complexity index is 719. The lowest BCUT2D eigenvalue weighted by atomic mass is 9.89. The molecule has 0 aliphatic heterocycles. The zero-order chi connectivity index (χ0) is 17.8. The molecule has 0 unspecified atom stereocenters. The highest BCUT2D eigenvalue weighted by Gasteiger charge is 2.22. The van der Waals surface area contributed by atoms with E-state index in [2.05, 4.69) is 15.0 Å². The van der Waals surface area contributed by atoms with E-state index in [4.69, 9.17) is 22.1 Å². The Kier molecular flexibility index (Phi) is 5.53. The minimum atomic E-state index is -0.443. The molecule has 1 fully saturated rings. The highest BCUT2D eigenvalue weighted by molar-refractivity contribution is 6.28. The molecule has 1 saturated carbocycles. The van der Waals surface area contributed by atoms with Crippen LogP contribution in [0.5, 0.6) is 5.75 Å². The molecular weight excluding hydrogens is 345 g/mol. The van der Waals surface area contributed by atoms with E-state index in [-0.39, 0.29) is 17.0 Å². The fraction of sp³-hybridized carbons (Fsp3) is 0.471. The van der Waals surface area contributed by atoms with Crippen molar-refractivity contribution in [2.24, 2.45) is 5.92 Å². The van der Waals surface area contributed by atoms with Crippen LogP contribution in [0, 0.1) is 11.7 Å². The molecule has 1 aromatic heterocycles. The maximum absolute atomic E-state index is 14.2. The Morgan fingerprint density at radius 3 is 2.64 bits per heavy atom. The van der Waals surface area contributed by atoms with Crippen molar-refractivity contribution < 1.29 is 9.13 Å². The second-order valence-electron chi connectivity index (χ2n) is 6.20. The number of ether oxygens (including phenoxy) is 1. The number of anilines is 3. The molecule has 2 aromatic rings. The molecule has 0 atom stereocenters. The van der Waals surface area contributed by atoms with E-state index in [1.54, 1.807) is 12.1 Å². The topological polar surface area (TPSA) is 77.2 Å². The molecule has 1 aliphatic carbocycles. The Labute approximate surface area is 151 Å². The number of hydrogen-bond acceptors (Lipinski definition) is 6. The molecule has 0 radical (unpaired) electrons. The molecule has 2 N–H and O–H groups in total. The van der Waals surface area contributed by atoms with Gasteiger partial charge in [-0.3, -0.25) is 0 Å². The van der Waals surface area contributed by atoms with Crippen LogP contribution < -0.4 is 15.4 Å². The Hall–Kier alpha value is -2.15. The first-order chi connectivity index (χ1) is 12.1. The van der Waals surface area contributed by atoms with Gasteiger partial charge in [0.2, 0.25) is 17.2 Å².